The van der Waals surface area contributed by atoms with E-state index in [2.05, 4.69) is 19.9 Å². The van der Waals surface area contributed by atoms with E-state index in [0.29, 0.717) is 0 Å². The number of H-pyrrole nitrogens is 1. The molecule has 6 rings (SSSR count). The van der Waals surface area contributed by atoms with Gasteiger partial charge in [0.05, 0.1) is 25.6 Å². The molecule has 0 radical (unpaired) electrons. The number of imidazole rings is 1. The predicted octanol–water partition coefficient (Wildman–Crippen LogP) is -1.34. The number of hydrogen-bond donors (Lipinski definition) is 3. The van der Waals surface area contributed by atoms with Crippen LogP contribution in [0, 0.1) is 0 Å². The van der Waals surface area contributed by atoms with Crippen LogP contribution >= 0.6 is 14.5 Å². The maximum atomic E-state index is 13.0. The molecule has 3 fully saturated rings. The van der Waals surface area contributed by atoms with Gasteiger partial charge in [-0.2, -0.15) is 0 Å². The van der Waals surface area contributed by atoms with Crippen LogP contribution in [0.15, 0.2) is 34.5 Å². The van der Waals surface area contributed by atoms with Gasteiger partial charge in [0.25, 0.3) is 13.4 Å². The molecule has 3 aliphatic rings. The molecule has 0 aromatic carbocycles. The third kappa shape index (κ3) is 5.73. The number of ether oxygens (including phenoxy) is 3. The van der Waals surface area contributed by atoms with Crippen molar-refractivity contribution in [1.82, 2.24) is 29.1 Å². The van der Waals surface area contributed by atoms with E-state index < -0.39 is 75.4 Å². The summed E-state index contributed by atoms with van der Waals surface area (Å²) in [7, 11) is -3.76. The highest BCUT2D eigenvalue weighted by Crippen LogP contribution is 2.52. The SMILES string of the molecule is CO[C@H]1[C@H]2OP(O)(=S)OC[C@@H]3C[C@@H](OP(=O)([O-])OC[C@H]1O[C@H]2n1ccc(=O)[nH]c1=O)[C@H](n1cnc2c(N)ncnc21)O3. The van der Waals surface area contributed by atoms with E-state index in [1.54, 1.807) is 0 Å². The molecule has 4 bridgehead atoms. The van der Waals surface area contributed by atoms with Gasteiger partial charge in [-0.1, -0.05) is 0 Å². The Balaban J connectivity index is 1.33. The number of phosphoric acid groups is 1. The van der Waals surface area contributed by atoms with E-state index >= 15 is 0 Å². The van der Waals surface area contributed by atoms with E-state index in [9.17, 15) is 23.9 Å². The monoisotopic (exact) mass is 648 g/mol. The van der Waals surface area contributed by atoms with E-state index in [4.69, 9.17) is 49.8 Å². The number of hydrogen-bond acceptors (Lipinski definition) is 16. The van der Waals surface area contributed by atoms with Gasteiger partial charge in [0, 0.05) is 25.8 Å². The first kappa shape index (κ1) is 29.6. The Labute approximate surface area is 240 Å². The lowest BCUT2D eigenvalue weighted by atomic mass is 10.1. The van der Waals surface area contributed by atoms with Crippen molar-refractivity contribution in [2.24, 2.45) is 0 Å². The Kier molecular flexibility index (Phi) is 7.92. The molecule has 3 saturated heterocycles. The summed E-state index contributed by atoms with van der Waals surface area (Å²) in [6.07, 6.45) is -4.33. The summed E-state index contributed by atoms with van der Waals surface area (Å²) in [6, 6.07) is 1.06. The van der Waals surface area contributed by atoms with Crippen molar-refractivity contribution >= 4 is 43.3 Å². The van der Waals surface area contributed by atoms with Crippen molar-refractivity contribution in [3.63, 3.8) is 0 Å². The first-order valence-electron chi connectivity index (χ1n) is 12.3. The Hall–Kier alpha value is -2.45. The minimum atomic E-state index is -5.04. The van der Waals surface area contributed by atoms with Gasteiger partial charge in [0.1, 0.15) is 36.3 Å². The standard InChI is InChI=1S/C20H25N7O12P2S/c1-33-14-11-6-34-40(30,31)38-10-4-9(36-18(10)27-8-24-13-16(21)22-7-23-17(13)27)5-35-41(32,42)39-15(14)19(37-11)26-3-2-12(28)25-20(26)29/h2-3,7-11,14-15,18-19H,4-6H2,1H3,(H,30,31)(H,32,42)(H2,21,22,23)(H,25,28,29)/p-1/t9-,10+,11+,14+,15+,18+,19+,41?/m0/s1. The average Bonchev–Trinajstić information content (AvgIpc) is 3.61. The Bertz CT molecular complexity index is 1700. The van der Waals surface area contributed by atoms with Crippen molar-refractivity contribution in [2.75, 3.05) is 26.1 Å². The van der Waals surface area contributed by atoms with Crippen LogP contribution in [0.3, 0.4) is 0 Å². The Morgan fingerprint density at radius 2 is 1.95 bits per heavy atom. The number of fused-ring (bicyclic) bond motifs is 5. The quantitative estimate of drug-likeness (QED) is 0.278. The van der Waals surface area contributed by atoms with Crippen molar-refractivity contribution in [3.8, 4) is 0 Å². The van der Waals surface area contributed by atoms with Crippen LogP contribution in [0.5, 0.6) is 0 Å². The number of nitrogen functional groups attached to an aromatic ring is 1. The number of phosphoric ester groups is 1. The molecule has 4 N–H and O–H groups in total. The van der Waals surface area contributed by atoms with Gasteiger partial charge in [0.2, 0.25) is 0 Å². The van der Waals surface area contributed by atoms with Gasteiger partial charge >= 0.3 is 12.4 Å². The molecule has 3 aromatic rings. The maximum absolute atomic E-state index is 13.0. The highest BCUT2D eigenvalue weighted by Gasteiger charge is 2.51. The topological polar surface area (TPSA) is 249 Å². The van der Waals surface area contributed by atoms with Gasteiger partial charge in [-0.25, -0.2) is 19.7 Å². The third-order valence-corrected chi connectivity index (χ3v) is 9.38. The third-order valence-electron chi connectivity index (χ3n) is 6.83. The lowest BCUT2D eigenvalue weighted by Crippen LogP contribution is -2.40. The number of anilines is 1. The fraction of sp³-hybridized carbons (Fsp3) is 0.550. The molecule has 3 aromatic heterocycles. The highest BCUT2D eigenvalue weighted by atomic mass is 32.5. The number of nitrogens with zero attached hydrogens (tertiary/aromatic N) is 5. The molecule has 9 atom stereocenters. The van der Waals surface area contributed by atoms with Gasteiger partial charge in [-0.05, 0) is 11.8 Å². The molecule has 0 saturated carbocycles. The summed E-state index contributed by atoms with van der Waals surface area (Å²) in [6.45, 7) is -5.05. The lowest BCUT2D eigenvalue weighted by molar-refractivity contribution is -0.235. The second-order valence-corrected chi connectivity index (χ2v) is 13.6. The predicted molar refractivity (Wildman–Crippen MR) is 140 cm³/mol. The molecule has 22 heteroatoms. The molecule has 0 aliphatic carbocycles. The zero-order chi connectivity index (χ0) is 29.8. The molecule has 6 heterocycles. The number of rotatable bonds is 3. The molecule has 19 nitrogen and oxygen atoms in total. The van der Waals surface area contributed by atoms with E-state index in [1.165, 1.54) is 24.3 Å². The minimum absolute atomic E-state index is 0.0325. The average molecular weight is 648 g/mol. The highest BCUT2D eigenvalue weighted by molar-refractivity contribution is 8.07. The van der Waals surface area contributed by atoms with E-state index in [1.807, 2.05) is 0 Å². The number of aromatic amines is 1. The first-order chi connectivity index (χ1) is 19.9. The van der Waals surface area contributed by atoms with Gasteiger partial charge in [-0.15, -0.1) is 0 Å². The molecule has 42 heavy (non-hydrogen) atoms. The van der Waals surface area contributed by atoms with Crippen molar-refractivity contribution < 1.29 is 46.7 Å². The van der Waals surface area contributed by atoms with Crippen molar-refractivity contribution in [1.29, 1.82) is 0 Å². The summed E-state index contributed by atoms with van der Waals surface area (Å²) in [5, 5.41) is 0. The van der Waals surface area contributed by atoms with Crippen LogP contribution in [0.25, 0.3) is 11.2 Å². The second-order valence-electron chi connectivity index (χ2n) is 9.47. The second kappa shape index (κ2) is 11.2. The van der Waals surface area contributed by atoms with E-state index in [-0.39, 0.29) is 30.0 Å². The molecule has 3 aliphatic heterocycles. The van der Waals surface area contributed by atoms with Gasteiger partial charge < -0.3 is 43.3 Å². The lowest BCUT2D eigenvalue weighted by Gasteiger charge is -2.30. The van der Waals surface area contributed by atoms with E-state index in [0.717, 1.165) is 16.8 Å². The largest absolute Gasteiger partial charge is 0.756 e. The van der Waals surface area contributed by atoms with Crippen LogP contribution in [-0.2, 0) is 48.7 Å². The Morgan fingerprint density at radius 3 is 2.71 bits per heavy atom. The number of nitrogens with one attached hydrogen (secondary N) is 1. The summed E-state index contributed by atoms with van der Waals surface area (Å²) in [5.74, 6) is 0.105. The molecule has 2 unspecified atom stereocenters. The smallest absolute Gasteiger partial charge is 0.330 e. The zero-order valence-corrected chi connectivity index (χ0v) is 24.1. The van der Waals surface area contributed by atoms with Crippen LogP contribution in [0.4, 0.5) is 5.82 Å². The summed E-state index contributed by atoms with van der Waals surface area (Å²) in [5.41, 5.74) is 4.87. The maximum Gasteiger partial charge on any atom is 0.330 e. The molecular formula is C20H24N7O12P2S-. The number of nitrogens with two attached hydrogens (primary N) is 1. The van der Waals surface area contributed by atoms with Crippen LogP contribution in [-0.4, -0.2) is 84.8 Å². The fourth-order valence-electron chi connectivity index (χ4n) is 5.03. The van der Waals surface area contributed by atoms with Crippen LogP contribution in [0.2, 0.25) is 0 Å². The molecular weight excluding hydrogens is 624 g/mol. The van der Waals surface area contributed by atoms with Crippen molar-refractivity contribution in [2.45, 2.75) is 49.4 Å². The summed E-state index contributed by atoms with van der Waals surface area (Å²) < 4.78 is 54.8. The van der Waals surface area contributed by atoms with Crippen molar-refractivity contribution in [3.05, 3.63) is 45.8 Å². The molecule has 0 spiro atoms. The number of methoxy groups -OCH3 is 1. The van der Waals surface area contributed by atoms with Crippen LogP contribution in [0.1, 0.15) is 18.9 Å². The number of aromatic nitrogens is 6. The van der Waals surface area contributed by atoms with Crippen LogP contribution < -0.4 is 21.9 Å². The summed E-state index contributed by atoms with van der Waals surface area (Å²) >= 11 is 5.25. The zero-order valence-electron chi connectivity index (χ0n) is 21.5. The normalized spacial score (nSPS) is 37.5. The van der Waals surface area contributed by atoms with Gasteiger partial charge in [0.15, 0.2) is 23.9 Å². The van der Waals surface area contributed by atoms with Gasteiger partial charge in [-0.3, -0.25) is 28.0 Å². The Morgan fingerprint density at radius 1 is 1.14 bits per heavy atom. The minimum Gasteiger partial charge on any atom is -0.756 e. The summed E-state index contributed by atoms with van der Waals surface area (Å²) in [4.78, 5) is 62.5. The fourth-order valence-corrected chi connectivity index (χ4v) is 7.37. The first-order valence-corrected chi connectivity index (χ1v) is 16.4. The molecule has 228 valence electrons. The molecule has 0 amide bonds.